The Morgan fingerprint density at radius 2 is 0.423 bits per heavy atom. The summed E-state index contributed by atoms with van der Waals surface area (Å²) in [6.07, 6.45) is 0.468. The smallest absolute Gasteiger partial charge is 0.548 e. The molecule has 0 aliphatic carbocycles. The van der Waals surface area contributed by atoms with Gasteiger partial charge in [-0.05, 0) is 125 Å². The van der Waals surface area contributed by atoms with Crippen molar-refractivity contribution in [3.63, 3.8) is 0 Å². The van der Waals surface area contributed by atoms with Crippen molar-refractivity contribution >= 4 is 70.7 Å². The number of benzene rings is 9. The number of carbonyl (C=O) groups excluding carboxylic acids is 9. The zero-order chi connectivity index (χ0) is 68.8. The fourth-order valence-corrected chi connectivity index (χ4v) is 9.67. The Labute approximate surface area is 570 Å². The summed E-state index contributed by atoms with van der Waals surface area (Å²) in [6, 6.07) is 63.8. The van der Waals surface area contributed by atoms with E-state index in [0.717, 1.165) is 16.7 Å². The van der Waals surface area contributed by atoms with Crippen molar-refractivity contribution in [3.05, 3.63) is 305 Å². The van der Waals surface area contributed by atoms with Crippen molar-refractivity contribution in [2.24, 2.45) is 0 Å². The number of hydrogen-bond donors (Lipinski definition) is 9. The van der Waals surface area contributed by atoms with Crippen LogP contribution in [0.3, 0.4) is 0 Å². The Kier molecular flexibility index (Phi) is 29.3. The quantitative estimate of drug-likeness (QED) is 0.0334. The molecule has 0 saturated heterocycles. The molecule has 0 aromatic heterocycles. The molecule has 0 fully saturated rings. The van der Waals surface area contributed by atoms with Gasteiger partial charge >= 0.3 is 17.4 Å². The van der Waals surface area contributed by atoms with Gasteiger partial charge in [0.05, 0.1) is 36.0 Å². The first-order valence-corrected chi connectivity index (χ1v) is 30.3. The Hall–Kier alpha value is -11.9. The van der Waals surface area contributed by atoms with Crippen molar-refractivity contribution in [1.29, 1.82) is 0 Å². The zero-order valence-corrected chi connectivity index (χ0v) is 53.4. The molecular weight excluding hydrogens is 1250 g/mol. The van der Waals surface area contributed by atoms with Crippen LogP contribution in [-0.4, -0.2) is 122 Å². The summed E-state index contributed by atoms with van der Waals surface area (Å²) >= 11 is 0. The number of aliphatic carboxylic acids is 3. The molecule has 0 saturated carbocycles. The molecule has 9 aromatic carbocycles. The van der Waals surface area contributed by atoms with Crippen molar-refractivity contribution in [2.75, 3.05) is 0 Å². The van der Waals surface area contributed by atoms with Crippen LogP contribution in [0.25, 0.3) is 0 Å². The second kappa shape index (κ2) is 38.4. The summed E-state index contributed by atoms with van der Waals surface area (Å²) in [5, 5.41) is 78.7. The Morgan fingerprint density at radius 3 is 0.619 bits per heavy atom. The van der Waals surface area contributed by atoms with Crippen LogP contribution in [0.5, 0.6) is 17.2 Å². The number of hydrogen-bond acceptors (Lipinski definition) is 15. The topological polar surface area (TPSA) is 356 Å². The first kappa shape index (κ1) is 74.2. The van der Waals surface area contributed by atoms with Crippen LogP contribution in [0, 0.1) is 0 Å². The number of rotatable bonds is 27. The Bertz CT molecular complexity index is 3580. The van der Waals surface area contributed by atoms with Gasteiger partial charge in [-0.1, -0.05) is 182 Å². The summed E-state index contributed by atoms with van der Waals surface area (Å²) in [5.41, 5.74) is 5.40. The van der Waals surface area contributed by atoms with E-state index >= 15 is 0 Å². The normalized spacial score (nSPS) is 12.2. The van der Waals surface area contributed by atoms with E-state index in [1.54, 1.807) is 127 Å². The molecule has 0 heterocycles. The van der Waals surface area contributed by atoms with Gasteiger partial charge < -0.3 is 76.9 Å². The summed E-state index contributed by atoms with van der Waals surface area (Å²) in [4.78, 5) is 112. The molecule has 9 aromatic rings. The van der Waals surface area contributed by atoms with E-state index < -0.39 is 89.6 Å². The largest absolute Gasteiger partial charge is 3.00 e. The maximum absolute atomic E-state index is 13.0. The van der Waals surface area contributed by atoms with Gasteiger partial charge in [0.15, 0.2) is 0 Å². The Balaban J connectivity index is 0.000000229. The minimum atomic E-state index is -1.45. The van der Waals surface area contributed by atoms with E-state index in [1.807, 2.05) is 91.0 Å². The number of amides is 6. The van der Waals surface area contributed by atoms with Gasteiger partial charge in [0.25, 0.3) is 17.7 Å². The van der Waals surface area contributed by atoms with Gasteiger partial charge in [-0.3, -0.25) is 28.8 Å². The van der Waals surface area contributed by atoms with Gasteiger partial charge in [-0.2, -0.15) is 0 Å². The molecule has 0 radical (unpaired) electrons. The van der Waals surface area contributed by atoms with Gasteiger partial charge in [0.2, 0.25) is 17.7 Å². The standard InChI is InChI=1S/3C25H24N2O5.Al/c3*28-20-13-11-18(12-14-20)16-22(25(31)32)27-24(30)21(15-17-7-3-1-4-8-17)26-23(29)19-9-5-2-6-10-19;/h3*1-14,21-22,28H,15-16H2,(H,26,29)(H,27,30)(H,31,32);/q;;;+3/p-3/t3*21-,22-;/m000./s1. The third kappa shape index (κ3) is 25.2. The summed E-state index contributed by atoms with van der Waals surface area (Å²) in [7, 11) is 0. The maximum Gasteiger partial charge on any atom is 3.00 e. The van der Waals surface area contributed by atoms with Gasteiger partial charge in [0.1, 0.15) is 35.4 Å². The van der Waals surface area contributed by atoms with Crippen LogP contribution in [0.1, 0.15) is 64.5 Å². The monoisotopic (exact) mass is 1320 g/mol. The zero-order valence-electron chi connectivity index (χ0n) is 52.3. The SMILES string of the molecule is O=C(N[C@@H](Cc1ccccc1)C(=O)N[C@@H](Cc1ccc(O)cc1)C(=O)[O-])c1ccccc1.O=C(N[C@@H](Cc1ccccc1)C(=O)N[C@@H](Cc1ccc(O)cc1)C(=O)[O-])c1ccccc1.O=C(N[C@@H](Cc1ccccc1)C(=O)N[C@@H](Cc1ccc(O)cc1)C(=O)[O-])c1ccccc1.[Al+3]. The van der Waals surface area contributed by atoms with Crippen molar-refractivity contribution in [3.8, 4) is 17.2 Å². The molecule has 9 N–H and O–H groups in total. The van der Waals surface area contributed by atoms with E-state index in [9.17, 15) is 73.8 Å². The number of phenolic OH excluding ortho intramolecular Hbond substituents is 3. The van der Waals surface area contributed by atoms with Gasteiger partial charge in [-0.15, -0.1) is 0 Å². The molecule has 97 heavy (non-hydrogen) atoms. The van der Waals surface area contributed by atoms with Crippen LogP contribution in [0.4, 0.5) is 0 Å². The fourth-order valence-electron chi connectivity index (χ4n) is 9.67. The third-order valence-corrected chi connectivity index (χ3v) is 14.8. The average Bonchev–Trinajstić information content (AvgIpc) is 1.06. The summed E-state index contributed by atoms with van der Waals surface area (Å²) in [5.74, 6) is -7.40. The molecule has 21 nitrogen and oxygen atoms in total. The summed E-state index contributed by atoms with van der Waals surface area (Å²) < 4.78 is 0. The molecule has 0 bridgehead atoms. The molecule has 0 spiro atoms. The number of carbonyl (C=O) groups is 9. The van der Waals surface area contributed by atoms with Crippen LogP contribution in [0.15, 0.2) is 255 Å². The number of nitrogens with one attached hydrogen (secondary N) is 6. The first-order valence-electron chi connectivity index (χ1n) is 30.3. The third-order valence-electron chi connectivity index (χ3n) is 14.8. The predicted octanol–water partition coefficient (Wildman–Crippen LogP) is 3.25. The van der Waals surface area contributed by atoms with E-state index in [0.29, 0.717) is 33.4 Å². The molecule has 492 valence electrons. The predicted molar refractivity (Wildman–Crippen MR) is 356 cm³/mol. The number of carboxylic acids is 3. The van der Waals surface area contributed by atoms with Gasteiger partial charge in [0, 0.05) is 36.0 Å². The van der Waals surface area contributed by atoms with Crippen molar-refractivity contribution in [2.45, 2.75) is 74.8 Å². The first-order chi connectivity index (χ1) is 46.3. The van der Waals surface area contributed by atoms with Crippen LogP contribution in [-0.2, 0) is 67.3 Å². The average molecular weight is 1320 g/mol. The van der Waals surface area contributed by atoms with Gasteiger partial charge in [-0.25, -0.2) is 0 Å². The van der Waals surface area contributed by atoms with Crippen molar-refractivity contribution in [1.82, 2.24) is 31.9 Å². The fraction of sp³-hybridized carbons (Fsp3) is 0.160. The number of phenols is 3. The molecule has 6 atom stereocenters. The molecule has 22 heteroatoms. The van der Waals surface area contributed by atoms with Crippen LogP contribution in [0.2, 0.25) is 0 Å². The molecule has 0 aliphatic heterocycles. The van der Waals surface area contributed by atoms with E-state index in [-0.39, 0.29) is 73.1 Å². The second-order valence-corrected chi connectivity index (χ2v) is 22.0. The second-order valence-electron chi connectivity index (χ2n) is 22.0. The summed E-state index contributed by atoms with van der Waals surface area (Å²) in [6.45, 7) is 0. The van der Waals surface area contributed by atoms with Crippen molar-refractivity contribution < 1.29 is 73.8 Å². The molecule has 6 amide bonds. The van der Waals surface area contributed by atoms with E-state index in [4.69, 9.17) is 0 Å². The molecular formula is C75H69AlN6O15. The minimum Gasteiger partial charge on any atom is -0.548 e. The number of aromatic hydroxyl groups is 3. The molecule has 0 unspecified atom stereocenters. The maximum atomic E-state index is 13.0. The molecule has 0 aliphatic rings. The Morgan fingerprint density at radius 1 is 0.247 bits per heavy atom. The minimum absolute atomic E-state index is 0. The number of carboxylic acid groups (broad SMARTS) is 3. The van der Waals surface area contributed by atoms with Crippen LogP contribution < -0.4 is 47.2 Å². The van der Waals surface area contributed by atoms with E-state index in [2.05, 4.69) is 31.9 Å². The van der Waals surface area contributed by atoms with Crippen LogP contribution >= 0.6 is 0 Å². The van der Waals surface area contributed by atoms with E-state index in [1.165, 1.54) is 36.4 Å². The molecule has 9 rings (SSSR count).